The van der Waals surface area contributed by atoms with Crippen LogP contribution in [0.4, 0.5) is 11.4 Å². The van der Waals surface area contributed by atoms with E-state index in [0.29, 0.717) is 23.7 Å². The zero-order chi connectivity index (χ0) is 14.5. The summed E-state index contributed by atoms with van der Waals surface area (Å²) in [6.07, 6.45) is 0. The quantitative estimate of drug-likeness (QED) is 0.712. The Morgan fingerprint density at radius 1 is 1.37 bits per heavy atom. The van der Waals surface area contributed by atoms with Gasteiger partial charge in [-0.25, -0.2) is 0 Å². The van der Waals surface area contributed by atoms with Gasteiger partial charge in [0.2, 0.25) is 5.91 Å². The summed E-state index contributed by atoms with van der Waals surface area (Å²) in [4.78, 5) is 11.7. The third kappa shape index (κ3) is 5.07. The number of nitrogens with two attached hydrogens (primary N) is 1. The maximum absolute atomic E-state index is 11.7. The third-order valence-electron chi connectivity index (χ3n) is 2.32. The molecule has 0 aliphatic heterocycles. The smallest absolute Gasteiger partial charge is 0.239 e. The molecule has 0 aromatic heterocycles. The van der Waals surface area contributed by atoms with Crippen molar-refractivity contribution in [3.05, 3.63) is 18.2 Å². The molecule has 19 heavy (non-hydrogen) atoms. The van der Waals surface area contributed by atoms with E-state index in [0.717, 1.165) is 0 Å². The molecule has 0 saturated carbocycles. The van der Waals surface area contributed by atoms with Crippen molar-refractivity contribution < 1.29 is 9.53 Å². The van der Waals surface area contributed by atoms with Crippen molar-refractivity contribution in [1.29, 1.82) is 0 Å². The first-order valence-electron chi connectivity index (χ1n) is 6.39. The van der Waals surface area contributed by atoms with E-state index in [1.54, 1.807) is 6.07 Å². The molecular formula is C14H23N3O2. The average Bonchev–Trinajstić information content (AvgIpc) is 2.28. The molecule has 0 fully saturated rings. The van der Waals surface area contributed by atoms with Crippen molar-refractivity contribution in [2.24, 2.45) is 0 Å². The third-order valence-corrected chi connectivity index (χ3v) is 2.32. The van der Waals surface area contributed by atoms with Gasteiger partial charge >= 0.3 is 0 Å². The lowest BCUT2D eigenvalue weighted by atomic mass is 10.1. The van der Waals surface area contributed by atoms with Gasteiger partial charge in [-0.3, -0.25) is 4.79 Å². The van der Waals surface area contributed by atoms with Gasteiger partial charge in [0.1, 0.15) is 5.75 Å². The highest BCUT2D eigenvalue weighted by atomic mass is 16.5. The maximum atomic E-state index is 11.7. The molecule has 0 spiro atoms. The predicted molar refractivity (Wildman–Crippen MR) is 78.4 cm³/mol. The number of anilines is 2. The molecule has 1 aromatic rings. The fourth-order valence-electron chi connectivity index (χ4n) is 1.62. The summed E-state index contributed by atoms with van der Waals surface area (Å²) >= 11 is 0. The van der Waals surface area contributed by atoms with Crippen LogP contribution in [0.15, 0.2) is 18.2 Å². The van der Waals surface area contributed by atoms with E-state index in [1.165, 1.54) is 0 Å². The second-order valence-corrected chi connectivity index (χ2v) is 5.30. The molecule has 0 saturated heterocycles. The van der Waals surface area contributed by atoms with E-state index < -0.39 is 0 Å². The number of nitrogens with one attached hydrogen (secondary N) is 2. The van der Waals surface area contributed by atoms with Crippen molar-refractivity contribution in [1.82, 2.24) is 5.32 Å². The number of nitrogen functional groups attached to an aromatic ring is 1. The first kappa shape index (κ1) is 15.1. The number of hydrogen-bond acceptors (Lipinski definition) is 4. The lowest BCUT2D eigenvalue weighted by Crippen LogP contribution is -2.43. The highest BCUT2D eigenvalue weighted by Crippen LogP contribution is 2.29. The van der Waals surface area contributed by atoms with Gasteiger partial charge in [-0.2, -0.15) is 0 Å². The lowest BCUT2D eigenvalue weighted by Gasteiger charge is -2.21. The molecule has 1 aromatic carbocycles. The molecule has 1 rings (SSSR count). The normalized spacial score (nSPS) is 10.9. The van der Waals surface area contributed by atoms with Gasteiger partial charge in [0.15, 0.2) is 0 Å². The minimum absolute atomic E-state index is 0.0753. The number of rotatable bonds is 5. The Kier molecular flexibility index (Phi) is 5.03. The van der Waals surface area contributed by atoms with Crippen LogP contribution in [0.5, 0.6) is 5.75 Å². The molecule has 1 amide bonds. The molecule has 106 valence electrons. The molecule has 0 radical (unpaired) electrons. The second kappa shape index (κ2) is 6.31. The fourth-order valence-corrected chi connectivity index (χ4v) is 1.62. The Morgan fingerprint density at radius 3 is 2.63 bits per heavy atom. The van der Waals surface area contributed by atoms with Gasteiger partial charge in [-0.1, -0.05) is 6.07 Å². The van der Waals surface area contributed by atoms with Crippen molar-refractivity contribution in [3.8, 4) is 5.75 Å². The van der Waals surface area contributed by atoms with Crippen LogP contribution < -0.4 is 21.1 Å². The molecule has 0 aliphatic rings. The monoisotopic (exact) mass is 265 g/mol. The molecular weight excluding hydrogens is 242 g/mol. The van der Waals surface area contributed by atoms with Gasteiger partial charge < -0.3 is 21.1 Å². The predicted octanol–water partition coefficient (Wildman–Crippen LogP) is 1.99. The molecule has 5 nitrogen and oxygen atoms in total. The number of benzene rings is 1. The van der Waals surface area contributed by atoms with E-state index >= 15 is 0 Å². The summed E-state index contributed by atoms with van der Waals surface area (Å²) < 4.78 is 5.40. The van der Waals surface area contributed by atoms with Gasteiger partial charge in [0.05, 0.1) is 24.5 Å². The molecule has 0 atom stereocenters. The highest BCUT2D eigenvalue weighted by molar-refractivity contribution is 5.83. The number of carbonyl (C=O) groups is 1. The van der Waals surface area contributed by atoms with E-state index in [-0.39, 0.29) is 18.0 Å². The van der Waals surface area contributed by atoms with E-state index in [4.69, 9.17) is 10.5 Å². The van der Waals surface area contributed by atoms with Gasteiger partial charge in [-0.15, -0.1) is 0 Å². The van der Waals surface area contributed by atoms with E-state index in [2.05, 4.69) is 10.6 Å². The van der Waals surface area contributed by atoms with Crippen LogP contribution in [0, 0.1) is 0 Å². The Bertz CT molecular complexity index is 439. The van der Waals surface area contributed by atoms with Crippen LogP contribution in [-0.4, -0.2) is 24.6 Å². The molecule has 5 heteroatoms. The van der Waals surface area contributed by atoms with Crippen LogP contribution in [-0.2, 0) is 4.79 Å². The van der Waals surface area contributed by atoms with Gasteiger partial charge in [-0.05, 0) is 39.8 Å². The first-order valence-corrected chi connectivity index (χ1v) is 6.39. The fraction of sp³-hybridized carbons (Fsp3) is 0.500. The molecule has 0 unspecified atom stereocenters. The summed E-state index contributed by atoms with van der Waals surface area (Å²) in [6, 6.07) is 5.47. The number of amides is 1. The van der Waals surface area contributed by atoms with Crippen LogP contribution in [0.25, 0.3) is 0 Å². The second-order valence-electron chi connectivity index (χ2n) is 5.30. The summed E-state index contributed by atoms with van der Waals surface area (Å²) in [7, 11) is 0. The maximum Gasteiger partial charge on any atom is 0.239 e. The molecule has 0 aliphatic carbocycles. The number of para-hydroxylation sites is 1. The molecule has 0 heterocycles. The van der Waals surface area contributed by atoms with Crippen LogP contribution >= 0.6 is 0 Å². The SMILES string of the molecule is CCOc1cccc(NCC(=O)NC(C)(C)C)c1N. The Hall–Kier alpha value is -1.91. The topological polar surface area (TPSA) is 76.4 Å². The van der Waals surface area contributed by atoms with E-state index in [1.807, 2.05) is 39.8 Å². The van der Waals surface area contributed by atoms with Crippen molar-refractivity contribution in [3.63, 3.8) is 0 Å². The van der Waals surface area contributed by atoms with Gasteiger partial charge in [0.25, 0.3) is 0 Å². The first-order chi connectivity index (χ1) is 8.83. The summed E-state index contributed by atoms with van der Waals surface area (Å²) in [5, 5.41) is 5.89. The minimum atomic E-state index is -0.239. The lowest BCUT2D eigenvalue weighted by molar-refractivity contribution is -0.120. The largest absolute Gasteiger partial charge is 0.492 e. The number of hydrogen-bond donors (Lipinski definition) is 3. The number of carbonyl (C=O) groups excluding carboxylic acids is 1. The van der Waals surface area contributed by atoms with Crippen LogP contribution in [0.2, 0.25) is 0 Å². The Balaban J connectivity index is 2.63. The van der Waals surface area contributed by atoms with Crippen LogP contribution in [0.1, 0.15) is 27.7 Å². The summed E-state index contributed by atoms with van der Waals surface area (Å²) in [6.45, 7) is 8.45. The van der Waals surface area contributed by atoms with Crippen molar-refractivity contribution >= 4 is 17.3 Å². The zero-order valence-corrected chi connectivity index (χ0v) is 12.0. The highest BCUT2D eigenvalue weighted by Gasteiger charge is 2.14. The average molecular weight is 265 g/mol. The van der Waals surface area contributed by atoms with Crippen LogP contribution in [0.3, 0.4) is 0 Å². The number of ether oxygens (including phenoxy) is 1. The minimum Gasteiger partial charge on any atom is -0.492 e. The summed E-state index contributed by atoms with van der Waals surface area (Å²) in [5.41, 5.74) is 6.95. The Morgan fingerprint density at radius 2 is 2.05 bits per heavy atom. The van der Waals surface area contributed by atoms with E-state index in [9.17, 15) is 4.79 Å². The molecule has 0 bridgehead atoms. The Labute approximate surface area is 114 Å². The van der Waals surface area contributed by atoms with Gasteiger partial charge in [0, 0.05) is 5.54 Å². The van der Waals surface area contributed by atoms with Crippen molar-refractivity contribution in [2.45, 2.75) is 33.2 Å². The standard InChI is InChI=1S/C14H23N3O2/c1-5-19-11-8-6-7-10(13(11)15)16-9-12(18)17-14(2,3)4/h6-8,16H,5,9,15H2,1-4H3,(H,17,18). The van der Waals surface area contributed by atoms with Crippen molar-refractivity contribution in [2.75, 3.05) is 24.2 Å². The molecule has 4 N–H and O–H groups in total. The summed E-state index contributed by atoms with van der Waals surface area (Å²) in [5.74, 6) is 0.553. The zero-order valence-electron chi connectivity index (χ0n) is 12.0.